The van der Waals surface area contributed by atoms with Gasteiger partial charge in [0.2, 0.25) is 5.91 Å². The van der Waals surface area contributed by atoms with Crippen molar-refractivity contribution in [1.82, 2.24) is 15.0 Å². The van der Waals surface area contributed by atoms with Crippen molar-refractivity contribution in [2.24, 2.45) is 11.3 Å². The summed E-state index contributed by atoms with van der Waals surface area (Å²) in [6.45, 7) is 3.64. The Balaban J connectivity index is 2.42. The number of hydrogen-bond donors (Lipinski definition) is 2. The molecule has 1 aromatic heterocycles. The van der Waals surface area contributed by atoms with Gasteiger partial charge in [0.25, 0.3) is 0 Å². The van der Waals surface area contributed by atoms with Crippen molar-refractivity contribution < 1.29 is 13.6 Å². The summed E-state index contributed by atoms with van der Waals surface area (Å²) in [4.78, 5) is 15.6. The lowest BCUT2D eigenvalue weighted by molar-refractivity contribution is -0.130. The van der Waals surface area contributed by atoms with Gasteiger partial charge in [0, 0.05) is 18.7 Å². The lowest BCUT2D eigenvalue weighted by Crippen LogP contribution is -2.43. The molecule has 1 heterocycles. The van der Waals surface area contributed by atoms with Crippen LogP contribution in [0.4, 0.5) is 8.78 Å². The third kappa shape index (κ3) is 2.41. The van der Waals surface area contributed by atoms with Gasteiger partial charge >= 0.3 is 0 Å². The molecular weight excluding hydrogens is 254 g/mol. The molecule has 0 bridgehead atoms. The highest BCUT2D eigenvalue weighted by molar-refractivity contribution is 5.81. The second-order valence-corrected chi connectivity index (χ2v) is 4.98. The number of nitrogens with zero attached hydrogens (tertiary/aromatic N) is 2. The fourth-order valence-corrected chi connectivity index (χ4v) is 1.87. The summed E-state index contributed by atoms with van der Waals surface area (Å²) < 4.78 is 27.9. The molecule has 0 saturated carbocycles. The maximum absolute atomic E-state index is 13.2. The van der Waals surface area contributed by atoms with Gasteiger partial charge in [-0.3, -0.25) is 10.2 Å². The molecule has 1 aromatic carbocycles. The highest BCUT2D eigenvalue weighted by Crippen LogP contribution is 2.23. The maximum atomic E-state index is 13.2. The summed E-state index contributed by atoms with van der Waals surface area (Å²) >= 11 is 0. The van der Waals surface area contributed by atoms with E-state index in [0.717, 1.165) is 12.1 Å². The number of imidazole rings is 1. The topological polar surface area (TPSA) is 72.9 Å². The van der Waals surface area contributed by atoms with Crippen LogP contribution >= 0.6 is 0 Å². The number of aromatic nitrogens is 2. The molecule has 5 nitrogen and oxygen atoms in total. The van der Waals surface area contributed by atoms with E-state index in [4.69, 9.17) is 5.84 Å². The first kappa shape index (κ1) is 13.4. The molecule has 0 spiro atoms. The van der Waals surface area contributed by atoms with Crippen LogP contribution in [-0.4, -0.2) is 15.5 Å². The number of carbonyl (C=O) groups is 1. The number of amides is 1. The molecule has 2 aromatic rings. The molecule has 19 heavy (non-hydrogen) atoms. The quantitative estimate of drug-likeness (QED) is 0.501. The van der Waals surface area contributed by atoms with Gasteiger partial charge in [0.15, 0.2) is 11.6 Å². The first-order valence-corrected chi connectivity index (χ1v) is 5.66. The fraction of sp³-hybridized carbons (Fsp3) is 0.333. The molecule has 0 radical (unpaired) electrons. The molecule has 102 valence electrons. The highest BCUT2D eigenvalue weighted by Gasteiger charge is 2.28. The monoisotopic (exact) mass is 268 g/mol. The zero-order valence-corrected chi connectivity index (χ0v) is 10.6. The van der Waals surface area contributed by atoms with Gasteiger partial charge in [-0.2, -0.15) is 0 Å². The van der Waals surface area contributed by atoms with Crippen LogP contribution in [0.15, 0.2) is 18.5 Å². The second-order valence-electron chi connectivity index (χ2n) is 4.98. The van der Waals surface area contributed by atoms with Crippen molar-refractivity contribution in [3.05, 3.63) is 30.1 Å². The zero-order chi connectivity index (χ0) is 14.2. The molecule has 1 amide bonds. The first-order valence-electron chi connectivity index (χ1n) is 5.66. The SMILES string of the molecule is CC(C)(Cn1cnc2cc(F)c(F)cc21)C(=O)NN. The van der Waals surface area contributed by atoms with Crippen LogP contribution in [-0.2, 0) is 11.3 Å². The molecule has 3 N–H and O–H groups in total. The van der Waals surface area contributed by atoms with Crippen molar-refractivity contribution >= 4 is 16.9 Å². The van der Waals surface area contributed by atoms with Gasteiger partial charge in [0.1, 0.15) is 0 Å². The number of benzene rings is 1. The van der Waals surface area contributed by atoms with E-state index in [9.17, 15) is 13.6 Å². The van der Waals surface area contributed by atoms with Crippen LogP contribution in [0.3, 0.4) is 0 Å². The Bertz CT molecular complexity index is 636. The van der Waals surface area contributed by atoms with Crippen LogP contribution in [0.5, 0.6) is 0 Å². The number of rotatable bonds is 3. The minimum absolute atomic E-state index is 0.248. The molecular formula is C12H14F2N4O. The van der Waals surface area contributed by atoms with Crippen LogP contribution in [0.2, 0.25) is 0 Å². The summed E-state index contributed by atoms with van der Waals surface area (Å²) in [5.41, 5.74) is 2.04. The Morgan fingerprint density at radius 1 is 1.42 bits per heavy atom. The zero-order valence-electron chi connectivity index (χ0n) is 10.6. The van der Waals surface area contributed by atoms with Gasteiger partial charge in [-0.1, -0.05) is 0 Å². The number of fused-ring (bicyclic) bond motifs is 1. The smallest absolute Gasteiger partial charge is 0.241 e. The average molecular weight is 268 g/mol. The molecule has 7 heteroatoms. The molecule has 0 fully saturated rings. The maximum Gasteiger partial charge on any atom is 0.241 e. The Labute approximate surface area is 108 Å². The van der Waals surface area contributed by atoms with Crippen LogP contribution < -0.4 is 11.3 Å². The van der Waals surface area contributed by atoms with Gasteiger partial charge in [-0.05, 0) is 13.8 Å². The molecule has 0 unspecified atom stereocenters. The average Bonchev–Trinajstić information content (AvgIpc) is 2.71. The van der Waals surface area contributed by atoms with E-state index >= 15 is 0 Å². The predicted octanol–water partition coefficient (Wildman–Crippen LogP) is 1.33. The van der Waals surface area contributed by atoms with E-state index in [2.05, 4.69) is 10.4 Å². The predicted molar refractivity (Wildman–Crippen MR) is 65.8 cm³/mol. The van der Waals surface area contributed by atoms with Crippen molar-refractivity contribution in [2.75, 3.05) is 0 Å². The van der Waals surface area contributed by atoms with E-state index < -0.39 is 17.0 Å². The van der Waals surface area contributed by atoms with Gasteiger partial charge in [0.05, 0.1) is 22.8 Å². The van der Waals surface area contributed by atoms with Crippen molar-refractivity contribution in [1.29, 1.82) is 0 Å². The molecule has 0 atom stereocenters. The lowest BCUT2D eigenvalue weighted by atomic mass is 9.92. The molecule has 0 aliphatic carbocycles. The Hall–Kier alpha value is -2.02. The molecule has 0 aliphatic heterocycles. The third-order valence-electron chi connectivity index (χ3n) is 2.97. The summed E-state index contributed by atoms with van der Waals surface area (Å²) in [5.74, 6) is 2.86. The fourth-order valence-electron chi connectivity index (χ4n) is 1.87. The summed E-state index contributed by atoms with van der Waals surface area (Å²) in [5, 5.41) is 0. The minimum atomic E-state index is -0.949. The Kier molecular flexibility index (Phi) is 3.23. The third-order valence-corrected chi connectivity index (χ3v) is 2.97. The lowest BCUT2D eigenvalue weighted by Gasteiger charge is -2.23. The van der Waals surface area contributed by atoms with E-state index in [1.54, 1.807) is 18.4 Å². The van der Waals surface area contributed by atoms with Crippen LogP contribution in [0.1, 0.15) is 13.8 Å². The highest BCUT2D eigenvalue weighted by atomic mass is 19.2. The molecule has 0 saturated heterocycles. The summed E-state index contributed by atoms with van der Waals surface area (Å²) in [7, 11) is 0. The van der Waals surface area contributed by atoms with E-state index in [1.807, 2.05) is 0 Å². The standard InChI is InChI=1S/C12H14F2N4O/c1-12(2,11(19)17-15)5-18-6-16-9-3-7(13)8(14)4-10(9)18/h3-4,6H,5,15H2,1-2H3,(H,17,19). The Morgan fingerprint density at radius 3 is 2.68 bits per heavy atom. The molecule has 2 rings (SSSR count). The Morgan fingerprint density at radius 2 is 2.05 bits per heavy atom. The van der Waals surface area contributed by atoms with Gasteiger partial charge < -0.3 is 4.57 Å². The van der Waals surface area contributed by atoms with Crippen molar-refractivity contribution in [3.8, 4) is 0 Å². The van der Waals surface area contributed by atoms with Crippen LogP contribution in [0.25, 0.3) is 11.0 Å². The minimum Gasteiger partial charge on any atom is -0.329 e. The number of hydrogen-bond acceptors (Lipinski definition) is 3. The number of nitrogens with one attached hydrogen (secondary N) is 1. The van der Waals surface area contributed by atoms with E-state index in [0.29, 0.717) is 11.0 Å². The summed E-state index contributed by atoms with van der Waals surface area (Å²) in [6.07, 6.45) is 1.44. The van der Waals surface area contributed by atoms with E-state index in [-0.39, 0.29) is 12.5 Å². The number of halogens is 2. The normalized spacial score (nSPS) is 11.8. The first-order chi connectivity index (χ1) is 8.85. The van der Waals surface area contributed by atoms with Gasteiger partial charge in [-0.15, -0.1) is 0 Å². The number of hydrazine groups is 1. The largest absolute Gasteiger partial charge is 0.329 e. The summed E-state index contributed by atoms with van der Waals surface area (Å²) in [6, 6.07) is 2.09. The van der Waals surface area contributed by atoms with Gasteiger partial charge in [-0.25, -0.2) is 19.6 Å². The number of nitrogens with two attached hydrogens (primary N) is 1. The van der Waals surface area contributed by atoms with Crippen molar-refractivity contribution in [2.45, 2.75) is 20.4 Å². The second kappa shape index (κ2) is 4.58. The van der Waals surface area contributed by atoms with E-state index in [1.165, 1.54) is 6.33 Å². The van der Waals surface area contributed by atoms with Crippen LogP contribution in [0, 0.1) is 17.0 Å². The van der Waals surface area contributed by atoms with Crippen molar-refractivity contribution in [3.63, 3.8) is 0 Å². The number of carbonyl (C=O) groups excluding carboxylic acids is 1. The molecule has 0 aliphatic rings.